The first kappa shape index (κ1) is 84.3. The molecule has 0 aromatic heterocycles. The minimum absolute atomic E-state index is 0.00226. The number of nitrogens with one attached hydrogen (secondary N) is 3. The van der Waals surface area contributed by atoms with Gasteiger partial charge in [-0.05, 0) is 164 Å². The molecule has 5 heterocycles. The summed E-state index contributed by atoms with van der Waals surface area (Å²) in [6.07, 6.45) is 19.8. The highest BCUT2D eigenvalue weighted by Crippen LogP contribution is 2.50. The van der Waals surface area contributed by atoms with Gasteiger partial charge in [0.15, 0.2) is 0 Å². The quantitative estimate of drug-likeness (QED) is 0.161. The maximum absolute atomic E-state index is 15.9. The van der Waals surface area contributed by atoms with E-state index in [1.165, 1.54) is 88.5 Å². The molecule has 25 nitrogen and oxygen atoms in total. The first-order chi connectivity index (χ1) is 49.7. The Bertz CT molecular complexity index is 3170. The van der Waals surface area contributed by atoms with E-state index in [2.05, 4.69) is 28.1 Å². The fourth-order valence-corrected chi connectivity index (χ4v) is 18.7. The number of alkyl halides is 2. The van der Waals surface area contributed by atoms with E-state index in [1.807, 2.05) is 39.8 Å². The molecule has 0 aromatic carbocycles. The summed E-state index contributed by atoms with van der Waals surface area (Å²) in [5.74, 6) is -7.55. The third-order valence-corrected chi connectivity index (χ3v) is 25.6. The Morgan fingerprint density at radius 2 is 1.29 bits per heavy atom. The van der Waals surface area contributed by atoms with E-state index in [1.54, 1.807) is 18.9 Å². The maximum Gasteiger partial charge on any atom is 0.248 e. The summed E-state index contributed by atoms with van der Waals surface area (Å²) in [6.45, 7) is 8.79. The van der Waals surface area contributed by atoms with Crippen LogP contribution in [0, 0.1) is 35.0 Å². The van der Waals surface area contributed by atoms with Crippen LogP contribution < -0.4 is 16.0 Å². The fraction of sp³-hybridized carbons (Fsp3) is 0.795. The molecular formula is C78H124Cl2N12O13. The minimum atomic E-state index is -1.57. The van der Waals surface area contributed by atoms with Crippen molar-refractivity contribution in [2.45, 2.75) is 272 Å². The molecule has 0 radical (unpaired) electrons. The number of amides is 12. The van der Waals surface area contributed by atoms with Crippen LogP contribution in [0.5, 0.6) is 0 Å². The molecule has 0 aromatic rings. The Kier molecular flexibility index (Phi) is 30.2. The van der Waals surface area contributed by atoms with Crippen molar-refractivity contribution in [3.63, 3.8) is 0 Å². The maximum atomic E-state index is 15.9. The molecule has 9 rings (SSSR count). The van der Waals surface area contributed by atoms with Crippen molar-refractivity contribution in [2.24, 2.45) is 35.0 Å². The Morgan fingerprint density at radius 3 is 1.93 bits per heavy atom. The van der Waals surface area contributed by atoms with Gasteiger partial charge in [0.2, 0.25) is 70.9 Å². The first-order valence-electron chi connectivity index (χ1n) is 39.2. The van der Waals surface area contributed by atoms with E-state index in [0.717, 1.165) is 57.8 Å². The Labute approximate surface area is 634 Å². The minimum Gasteiger partial charge on any atom is -0.377 e. The fourth-order valence-electron chi connectivity index (χ4n) is 18.1. The van der Waals surface area contributed by atoms with Crippen LogP contribution in [-0.2, 0) is 62.3 Å². The van der Waals surface area contributed by atoms with Crippen molar-refractivity contribution < 1.29 is 62.3 Å². The van der Waals surface area contributed by atoms with E-state index in [-0.39, 0.29) is 99.1 Å². The van der Waals surface area contributed by atoms with Gasteiger partial charge in [0, 0.05) is 87.9 Å². The van der Waals surface area contributed by atoms with Crippen LogP contribution in [0.3, 0.4) is 0 Å². The van der Waals surface area contributed by atoms with E-state index in [4.69, 9.17) is 27.9 Å². The second kappa shape index (κ2) is 37.7. The summed E-state index contributed by atoms with van der Waals surface area (Å²) in [6, 6.07) is -9.54. The summed E-state index contributed by atoms with van der Waals surface area (Å²) in [4.78, 5) is 196. The SMILES string of the molecule is CCO[C@@H]1C[C@H]2C(=O)NC3(CC(C)(C)C3)C(=O)N(C)[C@@H](C3CCCC3)C(=O)N(C)[C@H](C(=O)N(C)C)CC(=O)N(C)[C@H]3CCCCC/C=C/C4CCC(CC4)C[C@@H](C(=O)N(C)CC(=O)N[C@@H](CCC4CCC(Cl)C(Cl)C4)C(=O)N2C1)N1CC/C=C\C[C@@H](C1=O)N(C)C(=O)CN(C)C(=O)[C@H]([C@@H](C)CC)NC3=O. The van der Waals surface area contributed by atoms with Gasteiger partial charge in [-0.3, -0.25) is 57.5 Å². The van der Waals surface area contributed by atoms with Gasteiger partial charge in [-0.25, -0.2) is 0 Å². The topological polar surface area (TPSA) is 279 Å². The van der Waals surface area contributed by atoms with Crippen LogP contribution in [0.2, 0.25) is 0 Å². The van der Waals surface area contributed by atoms with E-state index >= 15 is 38.4 Å². The average Bonchev–Trinajstić information content (AvgIpc) is 1.43. The number of fused-ring (bicyclic) bond motifs is 8. The van der Waals surface area contributed by atoms with Crippen molar-refractivity contribution in [3.8, 4) is 0 Å². The highest BCUT2D eigenvalue weighted by molar-refractivity contribution is 6.30. The highest BCUT2D eigenvalue weighted by Gasteiger charge is 2.59. The van der Waals surface area contributed by atoms with Gasteiger partial charge in [0.05, 0.1) is 31.0 Å². The Morgan fingerprint density at radius 1 is 0.619 bits per heavy atom. The third kappa shape index (κ3) is 20.9. The number of likely N-dealkylation sites (N-methyl/N-ethyl adjacent to an activating group) is 7. The summed E-state index contributed by atoms with van der Waals surface area (Å²) in [7, 11) is 12.0. The molecule has 105 heavy (non-hydrogen) atoms. The number of hydrogen-bond donors (Lipinski definition) is 3. The lowest BCUT2D eigenvalue weighted by Gasteiger charge is -2.54. The third-order valence-electron chi connectivity index (χ3n) is 24.4. The van der Waals surface area contributed by atoms with Gasteiger partial charge in [-0.1, -0.05) is 84.1 Å². The van der Waals surface area contributed by atoms with Crippen LogP contribution in [0.25, 0.3) is 0 Å². The standard InChI is InChI=1S/C78H124Cl2N12O13/c1-14-49(3)66-74(102)86(9)46-65(95)88(11)59-30-22-19-25-39-91(73(59)101)62-41-52-33-31-50(32-34-52)26-20-17-16-18-21-29-58(68(96)82-66)87(10)64(94)43-61(71(99)84(6)7)89(12)75(103)67(53-27-23-24-28-53)90(13)76(104)78(47-77(4,5)48-78)83-69(97)60-42-54(105-15-2)44-92(60)70(98)57(81-63(93)45-85(8)72(62)100)38-36-51-35-37-55(79)56(80)40-51/h19-20,22,26,49-62,66-67H,14-18,21,23-25,27-48H2,1-13H3,(H,81,93)(H,82,96)(H,83,97)/b22-19-,26-20+/t49-,50?,51?,52?,54+,55?,56?,57-,58-,59-,60-,61-,62-,66-,67-/m0/s1. The monoisotopic (exact) mass is 1510 g/mol. The molecular weight excluding hydrogens is 1380 g/mol. The van der Waals surface area contributed by atoms with Gasteiger partial charge in [0.1, 0.15) is 53.9 Å². The second-order valence-electron chi connectivity index (χ2n) is 33.1. The lowest BCUT2D eigenvalue weighted by molar-refractivity contribution is -0.161. The molecule has 4 saturated carbocycles. The molecule has 27 heteroatoms. The normalized spacial score (nSPS) is 33.2. The molecule has 12 amide bonds. The molecule has 6 fully saturated rings. The van der Waals surface area contributed by atoms with Gasteiger partial charge in [-0.15, -0.1) is 23.2 Å². The van der Waals surface area contributed by atoms with Crippen molar-refractivity contribution in [2.75, 3.05) is 89.2 Å². The van der Waals surface area contributed by atoms with E-state index < -0.39 is 162 Å². The molecule has 13 atom stereocenters. The van der Waals surface area contributed by atoms with Crippen molar-refractivity contribution >= 4 is 94.1 Å². The van der Waals surface area contributed by atoms with E-state index in [9.17, 15) is 19.2 Å². The van der Waals surface area contributed by atoms with E-state index in [0.29, 0.717) is 57.8 Å². The number of allylic oxidation sites excluding steroid dienone is 2. The molecule has 5 aliphatic heterocycles. The highest BCUT2D eigenvalue weighted by atomic mass is 35.5. The number of hydrogen-bond acceptors (Lipinski definition) is 13. The molecule has 6 bridgehead atoms. The Hall–Kier alpha value is -6.34. The van der Waals surface area contributed by atoms with Crippen LogP contribution in [0.4, 0.5) is 0 Å². The number of halogens is 2. The zero-order chi connectivity index (χ0) is 76.9. The summed E-state index contributed by atoms with van der Waals surface area (Å²) in [5, 5.41) is 8.63. The van der Waals surface area contributed by atoms with Crippen LogP contribution in [0.15, 0.2) is 24.3 Å². The number of carbonyl (C=O) groups is 12. The lowest BCUT2D eigenvalue weighted by Crippen LogP contribution is -2.71. The van der Waals surface area contributed by atoms with Crippen LogP contribution >= 0.6 is 23.2 Å². The number of ether oxygens (including phenoxy) is 1. The predicted molar refractivity (Wildman–Crippen MR) is 402 cm³/mol. The molecule has 3 N–H and O–H groups in total. The number of carbonyl (C=O) groups excluding carboxylic acids is 12. The number of rotatable bonds is 9. The molecule has 588 valence electrons. The zero-order valence-corrected chi connectivity index (χ0v) is 66.6. The second-order valence-corrected chi connectivity index (χ2v) is 34.2. The summed E-state index contributed by atoms with van der Waals surface area (Å²) >= 11 is 13.4. The lowest BCUT2D eigenvalue weighted by atomic mass is 9.58. The van der Waals surface area contributed by atoms with Gasteiger partial charge in [-0.2, -0.15) is 0 Å². The van der Waals surface area contributed by atoms with Crippen LogP contribution in [-0.4, -0.2) is 275 Å². The summed E-state index contributed by atoms with van der Waals surface area (Å²) in [5.41, 5.74) is -2.04. The molecule has 4 aliphatic carbocycles. The van der Waals surface area contributed by atoms with Crippen LogP contribution in [0.1, 0.15) is 202 Å². The summed E-state index contributed by atoms with van der Waals surface area (Å²) < 4.78 is 6.19. The molecule has 9 aliphatic rings. The van der Waals surface area contributed by atoms with Crippen molar-refractivity contribution in [1.29, 1.82) is 0 Å². The molecule has 1 spiro atoms. The van der Waals surface area contributed by atoms with Gasteiger partial charge >= 0.3 is 0 Å². The predicted octanol–water partition coefficient (Wildman–Crippen LogP) is 6.65. The van der Waals surface area contributed by atoms with Crippen molar-refractivity contribution in [3.05, 3.63) is 24.3 Å². The molecule has 2 saturated heterocycles. The first-order valence-corrected chi connectivity index (χ1v) is 40.1. The average molecular weight is 1510 g/mol. The zero-order valence-electron chi connectivity index (χ0n) is 65.1. The van der Waals surface area contributed by atoms with Crippen molar-refractivity contribution in [1.82, 2.24) is 60.0 Å². The largest absolute Gasteiger partial charge is 0.377 e. The smallest absolute Gasteiger partial charge is 0.248 e. The number of nitrogens with zero attached hydrogens (tertiary/aromatic N) is 9. The van der Waals surface area contributed by atoms with Gasteiger partial charge in [0.25, 0.3) is 0 Å². The molecule has 3 unspecified atom stereocenters. The van der Waals surface area contributed by atoms with Gasteiger partial charge < -0.3 is 64.8 Å². The Balaban J connectivity index is 1.25.